The van der Waals surface area contributed by atoms with E-state index in [1.54, 1.807) is 6.92 Å². The zero-order valence-corrected chi connectivity index (χ0v) is 10.5. The highest BCUT2D eigenvalue weighted by Gasteiger charge is 2.35. The number of aliphatic hydroxyl groups is 1. The van der Waals surface area contributed by atoms with Gasteiger partial charge in [-0.1, -0.05) is 0 Å². The molecule has 6 heteroatoms. The van der Waals surface area contributed by atoms with Gasteiger partial charge < -0.3 is 14.9 Å². The van der Waals surface area contributed by atoms with Crippen LogP contribution in [0.25, 0.3) is 5.76 Å². The van der Waals surface area contributed by atoms with Crippen LogP contribution < -0.4 is 0 Å². The van der Waals surface area contributed by atoms with Gasteiger partial charge in [-0.2, -0.15) is 0 Å². The minimum absolute atomic E-state index is 0.0658. The average molecular weight is 274 g/mol. The van der Waals surface area contributed by atoms with E-state index in [0.29, 0.717) is 12.0 Å². The van der Waals surface area contributed by atoms with Crippen LogP contribution in [0, 0.1) is 0 Å². The number of ketones is 2. The van der Waals surface area contributed by atoms with Gasteiger partial charge in [0, 0.05) is 18.1 Å². The lowest BCUT2D eigenvalue weighted by Gasteiger charge is -2.25. The topological polar surface area (TPSA) is 101 Å². The van der Waals surface area contributed by atoms with Crippen LogP contribution in [-0.2, 0) is 16.0 Å². The summed E-state index contributed by atoms with van der Waals surface area (Å²) in [4.78, 5) is 35.1. The minimum Gasteiger partial charge on any atom is -0.507 e. The first-order valence-corrected chi connectivity index (χ1v) is 5.99. The van der Waals surface area contributed by atoms with E-state index in [4.69, 9.17) is 4.74 Å². The van der Waals surface area contributed by atoms with Crippen LogP contribution in [0.3, 0.4) is 0 Å². The Balaban J connectivity index is 2.33. The molecule has 20 heavy (non-hydrogen) atoms. The number of Topliss-reactive ketones (excluding diaryl/α,β-unsaturated/α-hetero) is 1. The second-order valence-electron chi connectivity index (χ2n) is 4.82. The molecule has 1 aromatic carbocycles. The van der Waals surface area contributed by atoms with Gasteiger partial charge in [-0.3, -0.25) is 9.59 Å². The van der Waals surface area contributed by atoms with Gasteiger partial charge >= 0.3 is 5.97 Å². The standard InChI is InChI=1S/C14H10O6/c1-5-2-6-3-7-11(8(15)4-9(16)12(7)17)13(18)10(6)14(19)20-5/h3-5,15,18H,2H2,1H3. The van der Waals surface area contributed by atoms with Crippen molar-refractivity contribution < 1.29 is 29.3 Å². The molecule has 1 heterocycles. The molecule has 0 aromatic heterocycles. The molecule has 2 aliphatic rings. The first kappa shape index (κ1) is 12.4. The molecule has 0 fully saturated rings. The zero-order valence-electron chi connectivity index (χ0n) is 10.5. The molecule has 1 aliphatic carbocycles. The van der Waals surface area contributed by atoms with Crippen LogP contribution in [0.1, 0.15) is 38.8 Å². The van der Waals surface area contributed by atoms with Crippen molar-refractivity contribution >= 4 is 23.3 Å². The van der Waals surface area contributed by atoms with Gasteiger partial charge in [-0.25, -0.2) is 4.79 Å². The highest BCUT2D eigenvalue weighted by Crippen LogP contribution is 2.38. The monoisotopic (exact) mass is 274 g/mol. The molecule has 3 rings (SSSR count). The Morgan fingerprint density at radius 1 is 1.20 bits per heavy atom. The molecule has 0 radical (unpaired) electrons. The van der Waals surface area contributed by atoms with Gasteiger partial charge in [0.05, 0.1) is 5.56 Å². The summed E-state index contributed by atoms with van der Waals surface area (Å²) in [5.74, 6) is -3.44. The summed E-state index contributed by atoms with van der Waals surface area (Å²) in [5.41, 5.74) is 0.0813. The van der Waals surface area contributed by atoms with Crippen molar-refractivity contribution in [1.29, 1.82) is 0 Å². The Morgan fingerprint density at radius 3 is 2.60 bits per heavy atom. The fourth-order valence-electron chi connectivity index (χ4n) is 2.54. The number of phenols is 1. The van der Waals surface area contributed by atoms with E-state index >= 15 is 0 Å². The second kappa shape index (κ2) is 3.93. The summed E-state index contributed by atoms with van der Waals surface area (Å²) in [6.07, 6.45) is 0.674. The Hall–Kier alpha value is -2.63. The van der Waals surface area contributed by atoms with Gasteiger partial charge in [0.2, 0.25) is 11.6 Å². The predicted molar refractivity (Wildman–Crippen MR) is 66.6 cm³/mol. The first-order valence-electron chi connectivity index (χ1n) is 5.99. The molecule has 1 aromatic rings. The lowest BCUT2D eigenvalue weighted by molar-refractivity contribution is -0.111. The zero-order chi connectivity index (χ0) is 14.6. The molecule has 0 saturated heterocycles. The summed E-state index contributed by atoms with van der Waals surface area (Å²) in [5, 5.41) is 19.9. The molecule has 1 atom stereocenters. The van der Waals surface area contributed by atoms with Crippen molar-refractivity contribution in [2.24, 2.45) is 0 Å². The largest absolute Gasteiger partial charge is 0.507 e. The van der Waals surface area contributed by atoms with Crippen molar-refractivity contribution in [2.75, 3.05) is 0 Å². The SMILES string of the molecule is CC1Cc2cc3c(c(O)c2C(=O)O1)C(O)=CC(=O)C3=O. The molecule has 1 unspecified atom stereocenters. The highest BCUT2D eigenvalue weighted by molar-refractivity contribution is 6.50. The van der Waals surface area contributed by atoms with Crippen LogP contribution in [0.15, 0.2) is 12.1 Å². The molecule has 0 bridgehead atoms. The van der Waals surface area contributed by atoms with Gasteiger partial charge in [-0.05, 0) is 18.6 Å². The fourth-order valence-corrected chi connectivity index (χ4v) is 2.54. The predicted octanol–water partition coefficient (Wildman–Crippen LogP) is 1.16. The van der Waals surface area contributed by atoms with Crippen molar-refractivity contribution in [2.45, 2.75) is 19.4 Å². The normalized spacial score (nSPS) is 20.9. The number of esters is 1. The smallest absolute Gasteiger partial charge is 0.342 e. The number of hydrogen-bond donors (Lipinski definition) is 2. The maximum absolute atomic E-state index is 11.8. The van der Waals surface area contributed by atoms with Crippen LogP contribution in [-0.4, -0.2) is 33.9 Å². The van der Waals surface area contributed by atoms with E-state index in [1.807, 2.05) is 0 Å². The van der Waals surface area contributed by atoms with Crippen molar-refractivity contribution in [1.82, 2.24) is 0 Å². The van der Waals surface area contributed by atoms with E-state index in [1.165, 1.54) is 6.07 Å². The van der Waals surface area contributed by atoms with Crippen molar-refractivity contribution in [3.63, 3.8) is 0 Å². The molecule has 0 amide bonds. The molecule has 0 saturated carbocycles. The minimum atomic E-state index is -0.860. The summed E-state index contributed by atoms with van der Waals surface area (Å²) in [6.45, 7) is 1.68. The van der Waals surface area contributed by atoms with Crippen LogP contribution in [0.2, 0.25) is 0 Å². The van der Waals surface area contributed by atoms with Gasteiger partial charge in [0.25, 0.3) is 0 Å². The summed E-state index contributed by atoms with van der Waals surface area (Å²) in [6, 6.07) is 1.37. The van der Waals surface area contributed by atoms with E-state index < -0.39 is 29.0 Å². The van der Waals surface area contributed by atoms with Crippen LogP contribution in [0.4, 0.5) is 0 Å². The van der Waals surface area contributed by atoms with Gasteiger partial charge in [0.1, 0.15) is 23.2 Å². The number of rotatable bonds is 0. The van der Waals surface area contributed by atoms with E-state index in [9.17, 15) is 24.6 Å². The number of fused-ring (bicyclic) bond motifs is 2. The van der Waals surface area contributed by atoms with Crippen LogP contribution in [0.5, 0.6) is 5.75 Å². The first-order chi connectivity index (χ1) is 9.40. The molecule has 2 N–H and O–H groups in total. The number of aliphatic hydroxyl groups excluding tert-OH is 1. The second-order valence-corrected chi connectivity index (χ2v) is 4.82. The summed E-state index contributed by atoms with van der Waals surface area (Å²) < 4.78 is 5.02. The lowest BCUT2D eigenvalue weighted by atomic mass is 9.86. The van der Waals surface area contributed by atoms with Gasteiger partial charge in [0.15, 0.2) is 0 Å². The summed E-state index contributed by atoms with van der Waals surface area (Å²) >= 11 is 0. The summed E-state index contributed by atoms with van der Waals surface area (Å²) in [7, 11) is 0. The number of aromatic hydroxyl groups is 1. The molecular formula is C14H10O6. The van der Waals surface area contributed by atoms with Crippen molar-refractivity contribution in [3.05, 3.63) is 34.4 Å². The third-order valence-corrected chi connectivity index (χ3v) is 3.39. The number of ether oxygens (including phenoxy) is 1. The molecule has 0 spiro atoms. The van der Waals surface area contributed by atoms with Crippen molar-refractivity contribution in [3.8, 4) is 5.75 Å². The fraction of sp³-hybridized carbons (Fsp3) is 0.214. The van der Waals surface area contributed by atoms with Gasteiger partial charge in [-0.15, -0.1) is 0 Å². The Morgan fingerprint density at radius 2 is 1.90 bits per heavy atom. The lowest BCUT2D eigenvalue weighted by Crippen LogP contribution is -2.27. The third-order valence-electron chi connectivity index (χ3n) is 3.39. The Labute approximate surface area is 113 Å². The maximum Gasteiger partial charge on any atom is 0.342 e. The number of phenolic OH excluding ortho intramolecular Hbond substituents is 1. The maximum atomic E-state index is 11.8. The highest BCUT2D eigenvalue weighted by atomic mass is 16.5. The number of carbonyl (C=O) groups excluding carboxylic acids is 3. The van der Waals surface area contributed by atoms with E-state index in [2.05, 4.69) is 0 Å². The number of allylic oxidation sites excluding steroid dienone is 1. The Bertz CT molecular complexity index is 713. The van der Waals surface area contributed by atoms with E-state index in [0.717, 1.165) is 6.08 Å². The molecule has 6 nitrogen and oxygen atoms in total. The molecular weight excluding hydrogens is 264 g/mol. The molecule has 102 valence electrons. The number of hydrogen-bond acceptors (Lipinski definition) is 6. The van der Waals surface area contributed by atoms with E-state index in [-0.39, 0.29) is 22.8 Å². The number of benzene rings is 1. The number of cyclic esters (lactones) is 1. The third kappa shape index (κ3) is 1.54. The van der Waals surface area contributed by atoms with Crippen LogP contribution >= 0.6 is 0 Å². The number of carbonyl (C=O) groups is 3. The molecule has 1 aliphatic heterocycles. The quantitative estimate of drug-likeness (QED) is 0.543. The Kier molecular flexibility index (Phi) is 2.44. The average Bonchev–Trinajstić information content (AvgIpc) is 2.34.